The molecule has 2 aromatic rings. The number of rotatable bonds is 8. The third kappa shape index (κ3) is 10.3. The molecule has 0 unspecified atom stereocenters. The fourth-order valence-electron chi connectivity index (χ4n) is 2.32. The summed E-state index contributed by atoms with van der Waals surface area (Å²) in [7, 11) is 0. The van der Waals surface area contributed by atoms with Crippen molar-refractivity contribution in [2.75, 3.05) is 13.2 Å². The fraction of sp³-hybridized carbons (Fsp3) is 0.333. The Morgan fingerprint density at radius 1 is 0.636 bits per heavy atom. The predicted molar refractivity (Wildman–Crippen MR) is 112 cm³/mol. The fourth-order valence-corrected chi connectivity index (χ4v) is 2.32. The van der Waals surface area contributed by atoms with Crippen LogP contribution in [0.4, 0.5) is 0 Å². The third-order valence-corrected chi connectivity index (χ3v) is 3.83. The van der Waals surface area contributed by atoms with E-state index in [4.69, 9.17) is 9.47 Å². The maximum absolute atomic E-state index is 11.6. The molecule has 9 heteroatoms. The van der Waals surface area contributed by atoms with Gasteiger partial charge in [-0.25, -0.2) is 9.59 Å². The summed E-state index contributed by atoms with van der Waals surface area (Å²) in [5, 5.41) is 21.5. The van der Waals surface area contributed by atoms with Gasteiger partial charge in [-0.15, -0.1) is 0 Å². The van der Waals surface area contributed by atoms with Crippen LogP contribution in [0.15, 0.2) is 48.5 Å². The molecular weight excluding hydrogens is 480 g/mol. The number of ether oxygens (including phenoxy) is 2. The van der Waals surface area contributed by atoms with E-state index >= 15 is 0 Å². The van der Waals surface area contributed by atoms with E-state index in [9.17, 15) is 29.4 Å². The molecule has 2 aromatic carbocycles. The van der Waals surface area contributed by atoms with E-state index in [0.29, 0.717) is 0 Å². The molecular formula is C24H26CuO8. The first-order chi connectivity index (χ1) is 15.0. The van der Waals surface area contributed by atoms with Crippen LogP contribution in [0.2, 0.25) is 0 Å². The molecule has 181 valence electrons. The first kappa shape index (κ1) is 29.8. The van der Waals surface area contributed by atoms with Gasteiger partial charge >= 0.3 is 29.0 Å². The summed E-state index contributed by atoms with van der Waals surface area (Å²) < 4.78 is 9.90. The zero-order chi connectivity index (χ0) is 24.3. The van der Waals surface area contributed by atoms with Gasteiger partial charge in [0.25, 0.3) is 0 Å². The number of hydrogen-bond donors (Lipinski definition) is 0. The van der Waals surface area contributed by atoms with Crippen LogP contribution in [0.5, 0.6) is 0 Å². The van der Waals surface area contributed by atoms with Gasteiger partial charge in [0.05, 0.1) is 36.3 Å². The van der Waals surface area contributed by atoms with Gasteiger partial charge in [-0.1, -0.05) is 64.1 Å². The molecule has 0 aliphatic heterocycles. The number of carbonyl (C=O) groups excluding carboxylic acids is 4. The van der Waals surface area contributed by atoms with Crippen molar-refractivity contribution in [3.8, 4) is 0 Å². The molecule has 0 heterocycles. The Labute approximate surface area is 203 Å². The number of benzene rings is 2. The summed E-state index contributed by atoms with van der Waals surface area (Å²) in [5.74, 6) is -3.60. The molecule has 0 bridgehead atoms. The molecule has 0 aliphatic rings. The van der Waals surface area contributed by atoms with E-state index in [1.165, 1.54) is 36.4 Å². The average molecular weight is 506 g/mol. The molecule has 0 saturated heterocycles. The van der Waals surface area contributed by atoms with Crippen molar-refractivity contribution in [3.63, 3.8) is 0 Å². The van der Waals surface area contributed by atoms with E-state index in [0.717, 1.165) is 0 Å². The van der Waals surface area contributed by atoms with Crippen molar-refractivity contribution in [3.05, 3.63) is 70.8 Å². The van der Waals surface area contributed by atoms with E-state index in [-0.39, 0.29) is 64.4 Å². The van der Waals surface area contributed by atoms with Gasteiger partial charge < -0.3 is 29.3 Å². The van der Waals surface area contributed by atoms with Gasteiger partial charge in [-0.2, -0.15) is 0 Å². The van der Waals surface area contributed by atoms with Crippen LogP contribution in [0.3, 0.4) is 0 Å². The summed E-state index contributed by atoms with van der Waals surface area (Å²) in [6, 6.07) is 11.7. The minimum atomic E-state index is -1.38. The molecule has 33 heavy (non-hydrogen) atoms. The largest absolute Gasteiger partial charge is 2.00 e. The molecule has 0 fully saturated rings. The van der Waals surface area contributed by atoms with Gasteiger partial charge in [-0.05, 0) is 24.0 Å². The Bertz CT molecular complexity index is 875. The number of aromatic carboxylic acids is 2. The molecule has 0 N–H and O–H groups in total. The van der Waals surface area contributed by atoms with Crippen LogP contribution in [0.25, 0.3) is 0 Å². The number of carbonyl (C=O) groups is 4. The number of hydrogen-bond acceptors (Lipinski definition) is 8. The minimum Gasteiger partial charge on any atom is -0.545 e. The number of carboxylic acids is 2. The Balaban J connectivity index is 0.000000602. The molecule has 0 aliphatic carbocycles. The van der Waals surface area contributed by atoms with Crippen LogP contribution < -0.4 is 10.2 Å². The summed E-state index contributed by atoms with van der Waals surface area (Å²) in [5.41, 5.74) is -0.223. The first-order valence-electron chi connectivity index (χ1n) is 9.99. The van der Waals surface area contributed by atoms with E-state index in [1.807, 2.05) is 27.7 Å². The van der Waals surface area contributed by atoms with Crippen LogP contribution in [0, 0.1) is 11.8 Å². The Kier molecular flexibility index (Phi) is 13.4. The van der Waals surface area contributed by atoms with Gasteiger partial charge in [0, 0.05) is 11.1 Å². The zero-order valence-corrected chi connectivity index (χ0v) is 19.7. The van der Waals surface area contributed by atoms with Gasteiger partial charge in [-0.3, -0.25) is 0 Å². The minimum absolute atomic E-state index is 0. The second-order valence-corrected chi connectivity index (χ2v) is 7.65. The molecule has 1 radical (unpaired) electrons. The molecule has 8 nitrogen and oxygen atoms in total. The Morgan fingerprint density at radius 2 is 0.909 bits per heavy atom. The van der Waals surface area contributed by atoms with Crippen molar-refractivity contribution in [1.82, 2.24) is 0 Å². The molecule has 0 amide bonds. The smallest absolute Gasteiger partial charge is 0.545 e. The second-order valence-electron chi connectivity index (χ2n) is 7.65. The van der Waals surface area contributed by atoms with Crippen molar-refractivity contribution in [1.29, 1.82) is 0 Å². The average Bonchev–Trinajstić information content (AvgIpc) is 2.76. The molecule has 0 spiro atoms. The summed E-state index contributed by atoms with van der Waals surface area (Å²) in [6.07, 6.45) is 0. The van der Waals surface area contributed by atoms with Crippen LogP contribution in [-0.2, 0) is 26.5 Å². The summed E-state index contributed by atoms with van der Waals surface area (Å²) in [6.45, 7) is 8.13. The summed E-state index contributed by atoms with van der Waals surface area (Å²) in [4.78, 5) is 44.6. The number of esters is 2. The Hall–Kier alpha value is -3.16. The quantitative estimate of drug-likeness (QED) is 0.391. The van der Waals surface area contributed by atoms with E-state index in [1.54, 1.807) is 12.1 Å². The normalized spacial score (nSPS) is 9.88. The number of carboxylic acid groups (broad SMARTS) is 2. The van der Waals surface area contributed by atoms with Crippen molar-refractivity contribution >= 4 is 23.9 Å². The van der Waals surface area contributed by atoms with Crippen molar-refractivity contribution in [2.45, 2.75) is 27.7 Å². The van der Waals surface area contributed by atoms with Gasteiger partial charge in [0.15, 0.2) is 0 Å². The van der Waals surface area contributed by atoms with E-state index < -0.39 is 23.9 Å². The van der Waals surface area contributed by atoms with Crippen LogP contribution >= 0.6 is 0 Å². The van der Waals surface area contributed by atoms with Gasteiger partial charge in [0.2, 0.25) is 0 Å². The van der Waals surface area contributed by atoms with Gasteiger partial charge in [0.1, 0.15) is 0 Å². The molecule has 2 rings (SSSR count). The Morgan fingerprint density at radius 3 is 1.15 bits per heavy atom. The predicted octanol–water partition coefficient (Wildman–Crippen LogP) is 1.72. The van der Waals surface area contributed by atoms with Crippen molar-refractivity contribution in [2.24, 2.45) is 11.8 Å². The maximum Gasteiger partial charge on any atom is 2.00 e. The maximum atomic E-state index is 11.6. The standard InChI is InChI=1S/2C12H14O4.Cu/c2*1-8(2)7-16-12(15)10-6-4-3-5-9(10)11(13)14;/h2*3-6,8H,7H2,1-2H3,(H,13,14);/q;;+2/p-2. The monoisotopic (exact) mass is 505 g/mol. The van der Waals surface area contributed by atoms with E-state index in [2.05, 4.69) is 0 Å². The SMILES string of the molecule is CC(C)COC(=O)c1ccccc1C(=O)[O-].CC(C)COC(=O)c1ccccc1C(=O)[O-].[Cu+2]. The molecule has 0 aromatic heterocycles. The zero-order valence-electron chi connectivity index (χ0n) is 18.8. The topological polar surface area (TPSA) is 133 Å². The van der Waals surface area contributed by atoms with Crippen LogP contribution in [0.1, 0.15) is 69.1 Å². The third-order valence-electron chi connectivity index (χ3n) is 3.83. The summed E-state index contributed by atoms with van der Waals surface area (Å²) >= 11 is 0. The van der Waals surface area contributed by atoms with Crippen molar-refractivity contribution < 1.29 is 55.9 Å². The molecule has 0 atom stereocenters. The molecule has 0 saturated carbocycles. The first-order valence-corrected chi connectivity index (χ1v) is 9.99. The second kappa shape index (κ2) is 14.8. The van der Waals surface area contributed by atoms with Crippen LogP contribution in [-0.4, -0.2) is 37.1 Å².